The van der Waals surface area contributed by atoms with Gasteiger partial charge in [-0.2, -0.15) is 0 Å². The third kappa shape index (κ3) is 3.74. The van der Waals surface area contributed by atoms with E-state index in [0.717, 1.165) is 31.7 Å². The summed E-state index contributed by atoms with van der Waals surface area (Å²) in [5.41, 5.74) is 0. The molecule has 0 aliphatic heterocycles. The van der Waals surface area contributed by atoms with Crippen molar-refractivity contribution in [3.05, 3.63) is 121 Å². The minimum atomic E-state index is -2.86. The summed E-state index contributed by atoms with van der Waals surface area (Å²) >= 11 is -2.61. The molecule has 0 bridgehead atoms. The van der Waals surface area contributed by atoms with Gasteiger partial charge in [0.1, 0.15) is 0 Å². The summed E-state index contributed by atoms with van der Waals surface area (Å²) in [6.07, 6.45) is 0. The van der Waals surface area contributed by atoms with Gasteiger partial charge in [-0.1, -0.05) is 0 Å². The van der Waals surface area contributed by atoms with Crippen molar-refractivity contribution in [1.29, 1.82) is 0 Å². The van der Waals surface area contributed by atoms with Gasteiger partial charge in [0.2, 0.25) is 0 Å². The standard InChI is InChI=1S/2C13H13P.2CHO.Ni/c2*1-14(12-8-4-2-5-9-12)13-10-6-3-7-11-13;2*1-2;/h2*2-11H,1H3;2*1H;/q;;;;-2/p+2. The summed E-state index contributed by atoms with van der Waals surface area (Å²) in [5.74, 6) is 0. The average molecular weight is 519 g/mol. The Morgan fingerprint density at radius 1 is 0.455 bits per heavy atom. The van der Waals surface area contributed by atoms with Gasteiger partial charge in [0.25, 0.3) is 0 Å². The Morgan fingerprint density at radius 2 is 0.667 bits per heavy atom. The first kappa shape index (κ1) is 23.7. The molecule has 2 nitrogen and oxygen atoms in total. The van der Waals surface area contributed by atoms with Crippen LogP contribution in [0.15, 0.2) is 121 Å². The van der Waals surface area contributed by atoms with E-state index in [2.05, 4.69) is 61.9 Å². The van der Waals surface area contributed by atoms with Crippen molar-refractivity contribution >= 4 is 43.8 Å². The fourth-order valence-corrected chi connectivity index (χ4v) is 36.6. The molecule has 0 unspecified atom stereocenters. The van der Waals surface area contributed by atoms with Gasteiger partial charge in [0.15, 0.2) is 0 Å². The molecule has 0 aromatic heterocycles. The molecule has 0 amide bonds. The van der Waals surface area contributed by atoms with Crippen molar-refractivity contribution in [2.24, 2.45) is 0 Å². The van der Waals surface area contributed by atoms with Crippen LogP contribution in [0, 0.1) is 0 Å². The van der Waals surface area contributed by atoms with Crippen molar-refractivity contribution in [3.8, 4) is 0 Å². The molecule has 5 heteroatoms. The van der Waals surface area contributed by atoms with Crippen LogP contribution < -0.4 is 21.2 Å². The van der Waals surface area contributed by atoms with Crippen molar-refractivity contribution in [2.75, 3.05) is 13.3 Å². The molecule has 0 N–H and O–H groups in total. The van der Waals surface area contributed by atoms with Gasteiger partial charge >= 0.3 is 200 Å². The molecular formula is C28H30NiO2P2. The second-order valence-electron chi connectivity index (χ2n) is 8.05. The zero-order valence-electron chi connectivity index (χ0n) is 18.8. The molecule has 0 heterocycles. The first-order valence-corrected chi connectivity index (χ1v) is 19.5. The fourth-order valence-electron chi connectivity index (χ4n) is 4.53. The van der Waals surface area contributed by atoms with Crippen LogP contribution in [-0.4, -0.2) is 23.8 Å². The number of hydrogen-bond acceptors (Lipinski definition) is 2. The molecule has 0 saturated carbocycles. The first-order chi connectivity index (χ1) is 16.0. The number of benzene rings is 4. The predicted molar refractivity (Wildman–Crippen MR) is 146 cm³/mol. The monoisotopic (exact) mass is 518 g/mol. The van der Waals surface area contributed by atoms with E-state index in [1.807, 2.05) is 72.8 Å². The first-order valence-electron chi connectivity index (χ1n) is 10.8. The fraction of sp³-hybridized carbons (Fsp3) is 0.0714. The van der Waals surface area contributed by atoms with E-state index >= 15 is 0 Å². The molecule has 0 spiro atoms. The van der Waals surface area contributed by atoms with Crippen molar-refractivity contribution in [2.45, 2.75) is 0 Å². The second-order valence-corrected chi connectivity index (χ2v) is 27.8. The molecule has 33 heavy (non-hydrogen) atoms. The molecule has 0 saturated heterocycles. The summed E-state index contributed by atoms with van der Waals surface area (Å²) in [4.78, 5) is 27.0. The molecule has 4 rings (SSSR count). The van der Waals surface area contributed by atoms with Crippen LogP contribution in [0.4, 0.5) is 0 Å². The van der Waals surface area contributed by atoms with E-state index in [-0.39, 0.29) is 0 Å². The van der Waals surface area contributed by atoms with Gasteiger partial charge < -0.3 is 0 Å². The van der Waals surface area contributed by atoms with Crippen LogP contribution in [0.1, 0.15) is 0 Å². The Balaban J connectivity index is 2.16. The molecular weight excluding hydrogens is 489 g/mol. The third-order valence-corrected chi connectivity index (χ3v) is 37.1. The molecule has 0 fully saturated rings. The van der Waals surface area contributed by atoms with Crippen LogP contribution in [-0.2, 0) is 21.1 Å². The van der Waals surface area contributed by atoms with E-state index < -0.39 is 23.6 Å². The van der Waals surface area contributed by atoms with E-state index in [4.69, 9.17) is 0 Å². The van der Waals surface area contributed by atoms with E-state index in [9.17, 15) is 9.59 Å². The minimum absolute atomic E-state index is 1.09. The molecule has 0 aliphatic carbocycles. The Hall–Kier alpha value is -2.43. The summed E-state index contributed by atoms with van der Waals surface area (Å²) < 4.78 is 0. The second kappa shape index (κ2) is 9.82. The Labute approximate surface area is 199 Å². The van der Waals surface area contributed by atoms with Crippen molar-refractivity contribution in [3.63, 3.8) is 0 Å². The van der Waals surface area contributed by atoms with E-state index in [1.165, 1.54) is 0 Å². The zero-order chi connectivity index (χ0) is 23.4. The number of rotatable bonds is 8. The average Bonchev–Trinajstić information content (AvgIpc) is 2.91. The van der Waals surface area contributed by atoms with Gasteiger partial charge in [0, 0.05) is 0 Å². The Morgan fingerprint density at radius 3 is 0.848 bits per heavy atom. The van der Waals surface area contributed by atoms with Crippen molar-refractivity contribution < 1.29 is 21.1 Å². The Bertz CT molecular complexity index is 1040. The zero-order valence-corrected chi connectivity index (χ0v) is 21.8. The van der Waals surface area contributed by atoms with Gasteiger partial charge in [-0.25, -0.2) is 0 Å². The molecule has 0 radical (unpaired) electrons. The number of carbonyl (C=O) groups excluding carboxylic acids is 2. The van der Waals surface area contributed by atoms with E-state index in [1.54, 1.807) is 0 Å². The van der Waals surface area contributed by atoms with E-state index in [0.29, 0.717) is 0 Å². The summed E-state index contributed by atoms with van der Waals surface area (Å²) in [6.45, 7) is 4.47. The molecule has 0 atom stereocenters. The SMILES string of the molecule is C[PH](c1ccccc1)(c1ccccc1)[Ni]([CH]=O)([CH]=O)[PH](C)(c1ccccc1)c1ccccc1. The summed E-state index contributed by atoms with van der Waals surface area (Å²) in [6, 6.07) is 35.3. The predicted octanol–water partition coefficient (Wildman–Crippen LogP) is 4.41. The number of hydrogen-bond donors (Lipinski definition) is 0. The number of carbonyl (C=O) groups is 2. The Kier molecular flexibility index (Phi) is 7.06. The van der Waals surface area contributed by atoms with Gasteiger partial charge in [-0.15, -0.1) is 0 Å². The molecule has 0 aliphatic rings. The van der Waals surface area contributed by atoms with Crippen molar-refractivity contribution in [1.82, 2.24) is 0 Å². The third-order valence-electron chi connectivity index (χ3n) is 6.47. The topological polar surface area (TPSA) is 34.1 Å². The van der Waals surface area contributed by atoms with Crippen LogP contribution in [0.2, 0.25) is 0 Å². The maximum absolute atomic E-state index is 13.5. The van der Waals surface area contributed by atoms with Gasteiger partial charge in [-0.3, -0.25) is 0 Å². The maximum atomic E-state index is 13.5. The van der Waals surface area contributed by atoms with Crippen LogP contribution >= 0.6 is 12.1 Å². The molecule has 4 aromatic rings. The summed E-state index contributed by atoms with van der Waals surface area (Å²) in [7, 11) is 0. The van der Waals surface area contributed by atoms with Crippen LogP contribution in [0.25, 0.3) is 0 Å². The van der Waals surface area contributed by atoms with Crippen LogP contribution in [0.3, 0.4) is 0 Å². The quantitative estimate of drug-likeness (QED) is 0.197. The normalized spacial score (nSPS) is 13.6. The summed E-state index contributed by atoms with van der Waals surface area (Å²) in [5, 5.41) is 6.69. The molecule has 4 aromatic carbocycles. The van der Waals surface area contributed by atoms with Crippen LogP contribution in [0.5, 0.6) is 0 Å². The molecule has 174 valence electrons. The van der Waals surface area contributed by atoms with Gasteiger partial charge in [-0.05, 0) is 0 Å². The van der Waals surface area contributed by atoms with Gasteiger partial charge in [0.05, 0.1) is 0 Å².